The summed E-state index contributed by atoms with van der Waals surface area (Å²) in [6.45, 7) is 1.11. The van der Waals surface area contributed by atoms with Gasteiger partial charge in [-0.15, -0.1) is 0 Å². The van der Waals surface area contributed by atoms with E-state index in [0.717, 1.165) is 12.3 Å². The SMILES string of the molecule is Cc1c(S(=O)(=O)NCc2ccccc2C(F)(F)F)cnn1C. The molecule has 0 atom stereocenters. The highest BCUT2D eigenvalue weighted by Crippen LogP contribution is 2.31. The van der Waals surface area contributed by atoms with Gasteiger partial charge in [0.05, 0.1) is 17.5 Å². The lowest BCUT2D eigenvalue weighted by molar-refractivity contribution is -0.138. The topological polar surface area (TPSA) is 64.0 Å². The number of hydrogen-bond donors (Lipinski definition) is 1. The molecule has 0 spiro atoms. The van der Waals surface area contributed by atoms with Crippen molar-refractivity contribution in [2.75, 3.05) is 0 Å². The van der Waals surface area contributed by atoms with Crippen LogP contribution in [0.1, 0.15) is 16.8 Å². The molecule has 0 aliphatic rings. The summed E-state index contributed by atoms with van der Waals surface area (Å²) in [6, 6.07) is 4.83. The number of hydrogen-bond acceptors (Lipinski definition) is 3. The van der Waals surface area contributed by atoms with Crippen LogP contribution in [-0.4, -0.2) is 18.2 Å². The summed E-state index contributed by atoms with van der Waals surface area (Å²) in [6.07, 6.45) is -3.38. The zero-order chi connectivity index (χ0) is 16.5. The molecule has 5 nitrogen and oxygen atoms in total. The van der Waals surface area contributed by atoms with Crippen molar-refractivity contribution in [1.82, 2.24) is 14.5 Å². The number of halogens is 3. The van der Waals surface area contributed by atoms with Gasteiger partial charge in [-0.05, 0) is 18.6 Å². The van der Waals surface area contributed by atoms with Crippen molar-refractivity contribution in [2.45, 2.75) is 24.5 Å². The first-order chi connectivity index (χ1) is 10.1. The number of alkyl halides is 3. The largest absolute Gasteiger partial charge is 0.416 e. The molecule has 0 saturated heterocycles. The van der Waals surface area contributed by atoms with E-state index in [1.165, 1.54) is 22.9 Å². The van der Waals surface area contributed by atoms with Crippen molar-refractivity contribution >= 4 is 10.0 Å². The number of aromatic nitrogens is 2. The van der Waals surface area contributed by atoms with Gasteiger partial charge in [-0.1, -0.05) is 18.2 Å². The lowest BCUT2D eigenvalue weighted by Gasteiger charge is -2.13. The van der Waals surface area contributed by atoms with Crippen LogP contribution in [0.4, 0.5) is 13.2 Å². The number of sulfonamides is 1. The highest BCUT2D eigenvalue weighted by molar-refractivity contribution is 7.89. The summed E-state index contributed by atoms with van der Waals surface area (Å²) in [5, 5.41) is 3.81. The summed E-state index contributed by atoms with van der Waals surface area (Å²) in [5.74, 6) is 0. The fourth-order valence-electron chi connectivity index (χ4n) is 1.94. The van der Waals surface area contributed by atoms with Gasteiger partial charge in [0.1, 0.15) is 4.90 Å². The number of aryl methyl sites for hydroxylation is 1. The molecule has 0 saturated carbocycles. The minimum Gasteiger partial charge on any atom is -0.272 e. The summed E-state index contributed by atoms with van der Waals surface area (Å²) in [7, 11) is -2.35. The molecule has 1 N–H and O–H groups in total. The second-order valence-electron chi connectivity index (χ2n) is 4.70. The lowest BCUT2D eigenvalue weighted by atomic mass is 10.1. The standard InChI is InChI=1S/C13H14F3N3O2S/c1-9-12(8-17-19(9)2)22(20,21)18-7-10-5-3-4-6-11(10)13(14,15)16/h3-6,8,18H,7H2,1-2H3. The first-order valence-electron chi connectivity index (χ1n) is 6.26. The van der Waals surface area contributed by atoms with Crippen LogP contribution in [-0.2, 0) is 29.8 Å². The lowest BCUT2D eigenvalue weighted by Crippen LogP contribution is -2.25. The maximum Gasteiger partial charge on any atom is 0.416 e. The predicted molar refractivity (Wildman–Crippen MR) is 73.4 cm³/mol. The first kappa shape index (κ1) is 16.5. The van der Waals surface area contributed by atoms with Crippen LogP contribution in [0.2, 0.25) is 0 Å². The molecule has 2 aromatic rings. The van der Waals surface area contributed by atoms with E-state index in [0.29, 0.717) is 5.69 Å². The second-order valence-corrected chi connectivity index (χ2v) is 6.43. The van der Waals surface area contributed by atoms with Gasteiger partial charge in [-0.3, -0.25) is 4.68 Å². The molecule has 0 bridgehead atoms. The quantitative estimate of drug-likeness (QED) is 0.933. The van der Waals surface area contributed by atoms with Crippen LogP contribution in [0.15, 0.2) is 35.4 Å². The maximum absolute atomic E-state index is 12.9. The van der Waals surface area contributed by atoms with Crippen LogP contribution < -0.4 is 4.72 Å². The number of benzene rings is 1. The minimum atomic E-state index is -4.54. The fourth-order valence-corrected chi connectivity index (χ4v) is 3.15. The van der Waals surface area contributed by atoms with E-state index in [2.05, 4.69) is 9.82 Å². The summed E-state index contributed by atoms with van der Waals surface area (Å²) in [4.78, 5) is -0.0560. The van der Waals surface area contributed by atoms with E-state index in [1.54, 1.807) is 14.0 Å². The Labute approximate surface area is 125 Å². The van der Waals surface area contributed by atoms with Crippen molar-refractivity contribution in [2.24, 2.45) is 7.05 Å². The zero-order valence-electron chi connectivity index (χ0n) is 11.8. The smallest absolute Gasteiger partial charge is 0.272 e. The molecule has 0 radical (unpaired) electrons. The monoisotopic (exact) mass is 333 g/mol. The Morgan fingerprint density at radius 2 is 1.91 bits per heavy atom. The molecule has 2 rings (SSSR count). The van der Waals surface area contributed by atoms with E-state index in [1.807, 2.05) is 0 Å². The Bertz CT molecular complexity index is 782. The van der Waals surface area contributed by atoms with Gasteiger partial charge < -0.3 is 0 Å². The number of rotatable bonds is 4. The molecule has 22 heavy (non-hydrogen) atoms. The molecule has 0 aliphatic heterocycles. The summed E-state index contributed by atoms with van der Waals surface area (Å²) in [5.41, 5.74) is -0.600. The minimum absolute atomic E-state index is 0.0560. The van der Waals surface area contributed by atoms with E-state index < -0.39 is 28.3 Å². The zero-order valence-corrected chi connectivity index (χ0v) is 12.7. The van der Waals surface area contributed by atoms with Gasteiger partial charge in [0, 0.05) is 13.6 Å². The van der Waals surface area contributed by atoms with Crippen LogP contribution in [0.5, 0.6) is 0 Å². The third-order valence-electron chi connectivity index (χ3n) is 3.26. The molecule has 9 heteroatoms. The number of nitrogens with one attached hydrogen (secondary N) is 1. The van der Waals surface area contributed by atoms with Crippen molar-refractivity contribution in [3.05, 3.63) is 47.3 Å². The molecule has 0 fully saturated rings. The molecule has 120 valence electrons. The third-order valence-corrected chi connectivity index (χ3v) is 4.76. The molecule has 1 heterocycles. The molecule has 1 aromatic heterocycles. The highest BCUT2D eigenvalue weighted by Gasteiger charge is 2.33. The van der Waals surface area contributed by atoms with E-state index in [9.17, 15) is 21.6 Å². The fraction of sp³-hybridized carbons (Fsp3) is 0.308. The van der Waals surface area contributed by atoms with Crippen molar-refractivity contribution in [3.63, 3.8) is 0 Å². The number of nitrogens with zero attached hydrogens (tertiary/aromatic N) is 2. The van der Waals surface area contributed by atoms with Gasteiger partial charge in [-0.25, -0.2) is 13.1 Å². The Morgan fingerprint density at radius 3 is 2.45 bits per heavy atom. The van der Waals surface area contributed by atoms with Crippen molar-refractivity contribution in [1.29, 1.82) is 0 Å². The first-order valence-corrected chi connectivity index (χ1v) is 7.74. The van der Waals surface area contributed by atoms with Crippen LogP contribution in [0.25, 0.3) is 0 Å². The second kappa shape index (κ2) is 5.73. The molecule has 0 amide bonds. The molecule has 0 unspecified atom stereocenters. The van der Waals surface area contributed by atoms with Crippen LogP contribution in [0.3, 0.4) is 0 Å². The van der Waals surface area contributed by atoms with Crippen molar-refractivity contribution < 1.29 is 21.6 Å². The van der Waals surface area contributed by atoms with Gasteiger partial charge >= 0.3 is 6.18 Å². The normalized spacial score (nSPS) is 12.6. The predicted octanol–water partition coefficient (Wildman–Crippen LogP) is 2.23. The Balaban J connectivity index is 2.26. The Kier molecular flexibility index (Phi) is 4.30. The summed E-state index contributed by atoms with van der Waals surface area (Å²) >= 11 is 0. The van der Waals surface area contributed by atoms with Gasteiger partial charge in [0.2, 0.25) is 10.0 Å². The van der Waals surface area contributed by atoms with Crippen LogP contribution >= 0.6 is 0 Å². The average molecular weight is 333 g/mol. The van der Waals surface area contributed by atoms with Gasteiger partial charge in [0.15, 0.2) is 0 Å². The Morgan fingerprint density at radius 1 is 1.27 bits per heavy atom. The average Bonchev–Trinajstić information content (AvgIpc) is 2.77. The highest BCUT2D eigenvalue weighted by atomic mass is 32.2. The van der Waals surface area contributed by atoms with Gasteiger partial charge in [0.25, 0.3) is 0 Å². The van der Waals surface area contributed by atoms with Gasteiger partial charge in [-0.2, -0.15) is 18.3 Å². The molecule has 0 aliphatic carbocycles. The van der Waals surface area contributed by atoms with E-state index >= 15 is 0 Å². The van der Waals surface area contributed by atoms with E-state index in [-0.39, 0.29) is 10.5 Å². The molecular formula is C13H14F3N3O2S. The van der Waals surface area contributed by atoms with Crippen molar-refractivity contribution in [3.8, 4) is 0 Å². The molecule has 1 aromatic carbocycles. The summed E-state index contributed by atoms with van der Waals surface area (Å²) < 4.78 is 66.5. The van der Waals surface area contributed by atoms with Crippen LogP contribution in [0, 0.1) is 6.92 Å². The molecular weight excluding hydrogens is 319 g/mol. The third kappa shape index (κ3) is 3.30. The van der Waals surface area contributed by atoms with E-state index in [4.69, 9.17) is 0 Å². The Hall–Kier alpha value is -1.87. The maximum atomic E-state index is 12.9.